The zero-order valence-corrected chi connectivity index (χ0v) is 13.0. The molecule has 0 aliphatic carbocycles. The average molecular weight is 361 g/mol. The van der Waals surface area contributed by atoms with Crippen LogP contribution in [-0.2, 0) is 0 Å². The Morgan fingerprint density at radius 3 is 2.22 bits per heavy atom. The molecule has 0 aliphatic heterocycles. The topological polar surface area (TPSA) is 43.4 Å². The van der Waals surface area contributed by atoms with Crippen molar-refractivity contribution in [1.82, 2.24) is 0 Å². The van der Waals surface area contributed by atoms with Crippen LogP contribution >= 0.6 is 19.4 Å². The zero-order chi connectivity index (χ0) is 17.0. The predicted molar refractivity (Wildman–Crippen MR) is 83.5 cm³/mol. The minimum atomic E-state index is -5.83. The van der Waals surface area contributed by atoms with Crippen molar-refractivity contribution in [2.24, 2.45) is 0 Å². The molecule has 0 aromatic heterocycles. The van der Waals surface area contributed by atoms with Crippen molar-refractivity contribution in [2.45, 2.75) is 0 Å². The van der Waals surface area contributed by atoms with Crippen LogP contribution in [0.1, 0.15) is 20.7 Å². The van der Waals surface area contributed by atoms with E-state index in [1.54, 1.807) is 18.2 Å². The maximum atomic E-state index is 12.3. The van der Waals surface area contributed by atoms with Gasteiger partial charge in [0.2, 0.25) is 0 Å². The molecular weight excluding hydrogens is 352 g/mol. The third-order valence-corrected chi connectivity index (χ3v) is 3.51. The lowest BCUT2D eigenvalue weighted by Gasteiger charge is -2.07. The molecule has 23 heavy (non-hydrogen) atoms. The van der Waals surface area contributed by atoms with Crippen LogP contribution in [0.2, 0.25) is 5.02 Å². The Bertz CT molecular complexity index is 795. The quantitative estimate of drug-likeness (QED) is 0.325. The second kappa shape index (κ2) is 7.02. The molecule has 0 amide bonds. The van der Waals surface area contributed by atoms with Crippen LogP contribution in [0.15, 0.2) is 48.5 Å². The molecule has 8 heteroatoms. The number of benzene rings is 2. The molecule has 2 aromatic carbocycles. The summed E-state index contributed by atoms with van der Waals surface area (Å²) in [5.41, 5.74) is 0.0609. The number of ether oxygens (including phenoxy) is 1. The van der Waals surface area contributed by atoms with Gasteiger partial charge in [-0.3, -0.25) is 4.79 Å². The lowest BCUT2D eigenvalue weighted by Crippen LogP contribution is -2.09. The predicted octanol–water partition coefficient (Wildman–Crippen LogP) is 5.22. The molecule has 2 rings (SSSR count). The Kier molecular flexibility index (Phi) is 5.29. The molecule has 0 heterocycles. The van der Waals surface area contributed by atoms with Gasteiger partial charge in [-0.15, -0.1) is 0 Å². The minimum Gasteiger partial charge on any atom is -0.421 e. The number of halogens is 4. The first-order valence-corrected chi connectivity index (χ1v) is 8.12. The van der Waals surface area contributed by atoms with Gasteiger partial charge in [0, 0.05) is 5.56 Å². The summed E-state index contributed by atoms with van der Waals surface area (Å²) in [4.78, 5) is 23.3. The van der Waals surface area contributed by atoms with Gasteiger partial charge < -0.3 is 4.74 Å². The fourth-order valence-electron chi connectivity index (χ4n) is 1.68. The average Bonchev–Trinajstić information content (AvgIpc) is 2.48. The van der Waals surface area contributed by atoms with Crippen molar-refractivity contribution in [3.05, 3.63) is 64.7 Å². The van der Waals surface area contributed by atoms with E-state index in [1.807, 2.05) is 0 Å². The number of carbonyl (C=O) groups is 2. The minimum absolute atomic E-state index is 0.0427. The van der Waals surface area contributed by atoms with Gasteiger partial charge in [-0.2, -0.15) is 12.6 Å². The highest BCUT2D eigenvalue weighted by atomic mass is 35.5. The summed E-state index contributed by atoms with van der Waals surface area (Å²) in [6, 6.07) is 11.4. The van der Waals surface area contributed by atoms with Gasteiger partial charge in [-0.1, -0.05) is 29.8 Å². The van der Waals surface area contributed by atoms with Crippen LogP contribution in [0.5, 0.6) is 5.75 Å². The van der Waals surface area contributed by atoms with E-state index in [4.69, 9.17) is 16.3 Å². The maximum absolute atomic E-state index is 12.3. The maximum Gasteiger partial charge on any atom is 0.376 e. The van der Waals surface area contributed by atoms with E-state index in [-0.39, 0.29) is 22.1 Å². The third kappa shape index (κ3) is 4.98. The van der Waals surface area contributed by atoms with Crippen molar-refractivity contribution in [2.75, 3.05) is 0 Å². The molecule has 120 valence electrons. The van der Waals surface area contributed by atoms with Crippen LogP contribution in [-0.4, -0.2) is 17.5 Å². The van der Waals surface area contributed by atoms with E-state index in [1.165, 1.54) is 18.2 Å². The molecule has 0 fully saturated rings. The molecular formula is C15H9ClF3O3P. The van der Waals surface area contributed by atoms with Crippen molar-refractivity contribution < 1.29 is 26.9 Å². The molecule has 0 atom stereocenters. The van der Waals surface area contributed by atoms with E-state index in [0.717, 1.165) is 12.1 Å². The van der Waals surface area contributed by atoms with Gasteiger partial charge in [-0.25, -0.2) is 4.79 Å². The van der Waals surface area contributed by atoms with E-state index in [9.17, 15) is 22.2 Å². The summed E-state index contributed by atoms with van der Waals surface area (Å²) in [6.45, 7) is 0. The van der Waals surface area contributed by atoms with Gasteiger partial charge in [0.15, 0.2) is 5.78 Å². The fraction of sp³-hybridized carbons (Fsp3) is 0. The van der Waals surface area contributed by atoms with E-state index < -0.39 is 19.6 Å². The molecule has 0 radical (unpaired) electrons. The Balaban J connectivity index is 2.20. The number of hydrogen-bond acceptors (Lipinski definition) is 3. The summed E-state index contributed by atoms with van der Waals surface area (Å²) in [6.07, 6.45) is 0. The normalized spacial score (nSPS) is 11.0. The summed E-state index contributed by atoms with van der Waals surface area (Å²) in [5, 5.41) is -0.131. The van der Waals surface area contributed by atoms with E-state index in [2.05, 4.69) is 0 Å². The first-order valence-electron chi connectivity index (χ1n) is 6.21. The zero-order valence-electron chi connectivity index (χ0n) is 11.4. The number of esters is 1. The lowest BCUT2D eigenvalue weighted by molar-refractivity contribution is 0.0735. The smallest absolute Gasteiger partial charge is 0.376 e. The molecule has 0 saturated carbocycles. The molecule has 0 bridgehead atoms. The van der Waals surface area contributed by atoms with Crippen LogP contribution < -0.4 is 4.74 Å². The van der Waals surface area contributed by atoms with Gasteiger partial charge >= 0.3 is 13.8 Å². The number of rotatable bonds is 4. The molecule has 0 unspecified atom stereocenters. The summed E-state index contributed by atoms with van der Waals surface area (Å²) >= 11 is 5.86. The first kappa shape index (κ1) is 17.3. The molecule has 2 aromatic rings. The van der Waals surface area contributed by atoms with Crippen LogP contribution in [0, 0.1) is 0 Å². The van der Waals surface area contributed by atoms with Crippen molar-refractivity contribution in [3.8, 4) is 5.75 Å². The van der Waals surface area contributed by atoms with Crippen molar-refractivity contribution in [3.63, 3.8) is 0 Å². The van der Waals surface area contributed by atoms with E-state index >= 15 is 0 Å². The summed E-state index contributed by atoms with van der Waals surface area (Å²) in [7, 11) is -5.83. The van der Waals surface area contributed by atoms with Crippen LogP contribution in [0.3, 0.4) is 0 Å². The number of ketones is 1. The molecule has 0 spiro atoms. The van der Waals surface area contributed by atoms with Gasteiger partial charge in [0.05, 0.1) is 16.4 Å². The number of Topliss-reactive ketones (excluding diaryl/α,β-unsaturated/α-hetero) is 1. The van der Waals surface area contributed by atoms with Crippen LogP contribution in [0.25, 0.3) is 0 Å². The second-order valence-electron chi connectivity index (χ2n) is 4.38. The Hall–Kier alpha value is -2.04. The summed E-state index contributed by atoms with van der Waals surface area (Å²) < 4.78 is 41.9. The Labute approximate surface area is 135 Å². The van der Waals surface area contributed by atoms with E-state index in [0.29, 0.717) is 5.56 Å². The fourth-order valence-corrected chi connectivity index (χ4v) is 2.31. The molecule has 3 nitrogen and oxygen atoms in total. The third-order valence-electron chi connectivity index (χ3n) is 2.69. The highest BCUT2D eigenvalue weighted by Crippen LogP contribution is 2.52. The Morgan fingerprint density at radius 2 is 1.65 bits per heavy atom. The van der Waals surface area contributed by atoms with Crippen LogP contribution in [0.4, 0.5) is 12.6 Å². The Morgan fingerprint density at radius 1 is 1.00 bits per heavy atom. The van der Waals surface area contributed by atoms with Gasteiger partial charge in [0.25, 0.3) is 0 Å². The molecule has 0 N–H and O–H groups in total. The molecule has 0 aliphatic rings. The highest BCUT2D eigenvalue weighted by Gasteiger charge is 2.18. The highest BCUT2D eigenvalue weighted by molar-refractivity contribution is 7.61. The largest absolute Gasteiger partial charge is 0.421 e. The van der Waals surface area contributed by atoms with Crippen molar-refractivity contribution >= 4 is 37.0 Å². The first-order chi connectivity index (χ1) is 10.8. The monoisotopic (exact) mass is 360 g/mol. The number of carbonyl (C=O) groups excluding carboxylic acids is 2. The van der Waals surface area contributed by atoms with Crippen molar-refractivity contribution in [1.29, 1.82) is 0 Å². The second-order valence-corrected chi connectivity index (χ2v) is 6.01. The van der Waals surface area contributed by atoms with Gasteiger partial charge in [-0.05, 0) is 30.3 Å². The lowest BCUT2D eigenvalue weighted by atomic mass is 10.1. The standard InChI is InChI=1S/C15H9ClF3O3P/c16-12-8-11(13(20)9-23(17,18)19)6-7-14(12)22-15(21)10-4-2-1-3-5-10/h1-9H. The number of hydrogen-bond donors (Lipinski definition) is 0. The molecule has 0 saturated heterocycles. The van der Waals surface area contributed by atoms with Gasteiger partial charge in [0.1, 0.15) is 5.75 Å². The summed E-state index contributed by atoms with van der Waals surface area (Å²) in [5.74, 6) is -2.15. The SMILES string of the molecule is O=C(C=P(F)(F)F)c1ccc(OC(=O)c2ccccc2)c(Cl)c1.